The fourth-order valence-electron chi connectivity index (χ4n) is 2.72. The molecule has 140 valence electrons. The van der Waals surface area contributed by atoms with Crippen molar-refractivity contribution in [1.82, 2.24) is 0 Å². The highest BCUT2D eigenvalue weighted by Crippen LogP contribution is 2.21. The molecule has 24 heavy (non-hydrogen) atoms. The Morgan fingerprint density at radius 1 is 1.08 bits per heavy atom. The van der Waals surface area contributed by atoms with E-state index in [9.17, 15) is 0 Å². The molecule has 0 N–H and O–H groups in total. The van der Waals surface area contributed by atoms with Crippen molar-refractivity contribution in [2.24, 2.45) is 15.9 Å². The fraction of sp³-hybridized carbons (Fsp3) is 0.889. The van der Waals surface area contributed by atoms with Crippen LogP contribution in [0.2, 0.25) is 0 Å². The highest BCUT2D eigenvalue weighted by molar-refractivity contribution is 9.09. The first kappa shape index (κ1) is 21.4. The number of halogens is 1. The van der Waals surface area contributed by atoms with E-state index in [1.165, 1.54) is 0 Å². The molecule has 0 aromatic rings. The lowest BCUT2D eigenvalue weighted by Gasteiger charge is -2.27. The summed E-state index contributed by atoms with van der Waals surface area (Å²) in [6, 6.07) is -0.132. The van der Waals surface area contributed by atoms with E-state index < -0.39 is 0 Å². The molecule has 0 spiro atoms. The van der Waals surface area contributed by atoms with Crippen molar-refractivity contribution in [1.29, 1.82) is 0 Å². The maximum atomic E-state index is 6.00. The second kappa shape index (κ2) is 11.9. The first-order chi connectivity index (χ1) is 11.6. The molecule has 1 heterocycles. The van der Waals surface area contributed by atoms with E-state index in [4.69, 9.17) is 24.2 Å². The number of hydrogen-bond donors (Lipinski definition) is 0. The summed E-state index contributed by atoms with van der Waals surface area (Å²) in [6.45, 7) is 7.23. The molecular formula is C18H33BrN2O3. The van der Waals surface area contributed by atoms with Gasteiger partial charge in [-0.3, -0.25) is 0 Å². The van der Waals surface area contributed by atoms with Crippen LogP contribution >= 0.6 is 15.9 Å². The molecule has 0 aliphatic carbocycles. The molecule has 5 nitrogen and oxygen atoms in total. The van der Waals surface area contributed by atoms with Gasteiger partial charge < -0.3 is 14.2 Å². The maximum Gasteiger partial charge on any atom is 0.209 e. The van der Waals surface area contributed by atoms with Crippen molar-refractivity contribution in [3.63, 3.8) is 0 Å². The fourth-order valence-corrected chi connectivity index (χ4v) is 3.23. The zero-order chi connectivity index (χ0) is 17.9. The Kier molecular flexibility index (Phi) is 10.6. The van der Waals surface area contributed by atoms with Gasteiger partial charge in [-0.15, -0.1) is 0 Å². The van der Waals surface area contributed by atoms with Crippen molar-refractivity contribution in [2.45, 2.75) is 71.1 Å². The second-order valence-electron chi connectivity index (χ2n) is 6.45. The third-order valence-electron chi connectivity index (χ3n) is 4.18. The summed E-state index contributed by atoms with van der Waals surface area (Å²) >= 11 is 3.52. The normalized spacial score (nSPS) is 22.1. The molecule has 6 heteroatoms. The van der Waals surface area contributed by atoms with Crippen LogP contribution in [0.1, 0.15) is 52.9 Å². The van der Waals surface area contributed by atoms with Crippen molar-refractivity contribution in [2.75, 3.05) is 26.2 Å². The molecule has 1 rings (SSSR count). The molecule has 0 unspecified atom stereocenters. The molecule has 1 aliphatic rings. The Labute approximate surface area is 155 Å². The number of rotatable bonds is 10. The van der Waals surface area contributed by atoms with Crippen LogP contribution in [0.15, 0.2) is 9.98 Å². The van der Waals surface area contributed by atoms with Crippen LogP contribution in [-0.4, -0.2) is 56.1 Å². The molecule has 0 saturated heterocycles. The Morgan fingerprint density at radius 3 is 2.33 bits per heavy atom. The van der Waals surface area contributed by atoms with Crippen LogP contribution in [0.5, 0.6) is 0 Å². The van der Waals surface area contributed by atoms with Gasteiger partial charge in [0.05, 0.1) is 20.3 Å². The van der Waals surface area contributed by atoms with E-state index in [1.807, 2.05) is 0 Å². The summed E-state index contributed by atoms with van der Waals surface area (Å²) in [6.07, 6.45) is 5.31. The topological polar surface area (TPSA) is 52.4 Å². The number of hydrogen-bond acceptors (Lipinski definition) is 5. The largest absolute Gasteiger partial charge is 0.483 e. The van der Waals surface area contributed by atoms with Gasteiger partial charge in [0.15, 0.2) is 0 Å². The molecule has 0 fully saturated rings. The van der Waals surface area contributed by atoms with E-state index in [2.05, 4.69) is 36.7 Å². The van der Waals surface area contributed by atoms with E-state index >= 15 is 0 Å². The quantitative estimate of drug-likeness (QED) is 0.404. The highest BCUT2D eigenvalue weighted by Gasteiger charge is 2.31. The van der Waals surface area contributed by atoms with E-state index in [1.54, 1.807) is 14.2 Å². The lowest BCUT2D eigenvalue weighted by atomic mass is 10.0. The van der Waals surface area contributed by atoms with Crippen LogP contribution < -0.4 is 0 Å². The predicted octanol–water partition coefficient (Wildman–Crippen LogP) is 4.23. The minimum absolute atomic E-state index is 0.0552. The lowest BCUT2D eigenvalue weighted by Crippen LogP contribution is -2.37. The minimum Gasteiger partial charge on any atom is -0.483 e. The van der Waals surface area contributed by atoms with Crippen LogP contribution in [-0.2, 0) is 14.2 Å². The van der Waals surface area contributed by atoms with E-state index in [0.717, 1.165) is 44.0 Å². The van der Waals surface area contributed by atoms with Crippen LogP contribution in [0.25, 0.3) is 0 Å². The van der Waals surface area contributed by atoms with Crippen molar-refractivity contribution < 1.29 is 14.2 Å². The summed E-state index contributed by atoms with van der Waals surface area (Å²) in [5.74, 6) is 1.74. The molecule has 0 bridgehead atoms. The highest BCUT2D eigenvalue weighted by atomic mass is 79.9. The van der Waals surface area contributed by atoms with Gasteiger partial charge in [0.1, 0.15) is 12.1 Å². The number of ether oxygens (including phenoxy) is 3. The molecule has 0 aromatic heterocycles. The van der Waals surface area contributed by atoms with Crippen molar-refractivity contribution in [3.8, 4) is 0 Å². The van der Waals surface area contributed by atoms with Gasteiger partial charge in [-0.05, 0) is 31.6 Å². The molecule has 0 aromatic carbocycles. The Morgan fingerprint density at radius 2 is 1.79 bits per heavy atom. The van der Waals surface area contributed by atoms with Gasteiger partial charge in [-0.25, -0.2) is 9.98 Å². The standard InChI is InChI=1S/C18H33BrN2O3/c1-6-7-12-24-14(10-11-19)8-9-15-17(22-4)21-16(13(2)3)18(20-15)23-5/h13-16H,6-12H2,1-5H3/t14-,15-,16+/m0/s1. The monoisotopic (exact) mass is 404 g/mol. The molecule has 0 saturated carbocycles. The Bertz CT molecular complexity index is 413. The Hall–Kier alpha value is -0.620. The zero-order valence-electron chi connectivity index (χ0n) is 15.8. The summed E-state index contributed by atoms with van der Waals surface area (Å²) in [5.41, 5.74) is 0. The molecule has 0 radical (unpaired) electrons. The number of methoxy groups -OCH3 is 2. The smallest absolute Gasteiger partial charge is 0.209 e. The van der Waals surface area contributed by atoms with E-state index in [0.29, 0.717) is 17.7 Å². The van der Waals surface area contributed by atoms with Crippen LogP contribution in [0.3, 0.4) is 0 Å². The number of unbranched alkanes of at least 4 members (excludes halogenated alkanes) is 1. The van der Waals surface area contributed by atoms with Crippen molar-refractivity contribution in [3.05, 3.63) is 0 Å². The van der Waals surface area contributed by atoms with Gasteiger partial charge in [-0.1, -0.05) is 43.1 Å². The average Bonchev–Trinajstić information content (AvgIpc) is 2.58. The number of nitrogens with zero attached hydrogens (tertiary/aromatic N) is 2. The summed E-state index contributed by atoms with van der Waals surface area (Å²) in [7, 11) is 3.34. The number of aliphatic imine (C=N–C) groups is 2. The minimum atomic E-state index is -0.0763. The van der Waals surface area contributed by atoms with Crippen LogP contribution in [0, 0.1) is 5.92 Å². The second-order valence-corrected chi connectivity index (χ2v) is 7.24. The molecule has 3 atom stereocenters. The number of alkyl halides is 1. The van der Waals surface area contributed by atoms with Gasteiger partial charge in [0, 0.05) is 11.9 Å². The van der Waals surface area contributed by atoms with Crippen LogP contribution in [0.4, 0.5) is 0 Å². The van der Waals surface area contributed by atoms with Gasteiger partial charge in [-0.2, -0.15) is 0 Å². The SMILES string of the molecule is CCCCO[C@H](CCBr)CC[C@@H]1N=C(OC)[C@@H](C(C)C)N=C1OC. The van der Waals surface area contributed by atoms with Gasteiger partial charge in [0.25, 0.3) is 0 Å². The summed E-state index contributed by atoms with van der Waals surface area (Å²) < 4.78 is 17.0. The summed E-state index contributed by atoms with van der Waals surface area (Å²) in [4.78, 5) is 9.48. The molecule has 0 amide bonds. The molecule has 1 aliphatic heterocycles. The van der Waals surface area contributed by atoms with Gasteiger partial charge >= 0.3 is 0 Å². The first-order valence-electron chi connectivity index (χ1n) is 8.98. The van der Waals surface area contributed by atoms with Crippen molar-refractivity contribution >= 4 is 27.7 Å². The third-order valence-corrected chi connectivity index (χ3v) is 4.64. The Balaban J connectivity index is 2.69. The predicted molar refractivity (Wildman–Crippen MR) is 104 cm³/mol. The van der Waals surface area contributed by atoms with Gasteiger partial charge in [0.2, 0.25) is 11.8 Å². The third kappa shape index (κ3) is 6.71. The molecular weight excluding hydrogens is 372 g/mol. The maximum absolute atomic E-state index is 6.00. The lowest BCUT2D eigenvalue weighted by molar-refractivity contribution is 0.0422. The average molecular weight is 405 g/mol. The summed E-state index contributed by atoms with van der Waals surface area (Å²) in [5, 5.41) is 0.946. The van der Waals surface area contributed by atoms with E-state index in [-0.39, 0.29) is 18.2 Å². The first-order valence-corrected chi connectivity index (χ1v) is 10.1. The zero-order valence-corrected chi connectivity index (χ0v) is 17.3.